The largest absolute Gasteiger partial charge is 0.358 e. The van der Waals surface area contributed by atoms with Crippen LogP contribution in [0.15, 0.2) is 36.4 Å². The number of benzene rings is 1. The molecular weight excluding hydrogens is 257 g/mol. The smallest absolute Gasteiger partial charge is 0 e. The van der Waals surface area contributed by atoms with Crippen molar-refractivity contribution < 1.29 is 32.7 Å². The van der Waals surface area contributed by atoms with E-state index in [9.17, 15) is 0 Å². The van der Waals surface area contributed by atoms with Crippen molar-refractivity contribution in [1.82, 2.24) is 0 Å². The summed E-state index contributed by atoms with van der Waals surface area (Å²) in [7, 11) is 0. The van der Waals surface area contributed by atoms with Gasteiger partial charge in [-0.1, -0.05) is 76.9 Å². The van der Waals surface area contributed by atoms with Crippen LogP contribution in [0.3, 0.4) is 0 Å². The molecule has 0 aliphatic heterocycles. The number of rotatable bonds is 1. The Kier molecular flexibility index (Phi) is 72.2. The van der Waals surface area contributed by atoms with Crippen LogP contribution in [0.4, 0.5) is 0 Å². The first kappa shape index (κ1) is 29.5. The Labute approximate surface area is 124 Å². The van der Waals surface area contributed by atoms with E-state index in [-0.39, 0.29) is 47.6 Å². The first-order valence-corrected chi connectivity index (χ1v) is 4.91. The molecular formula is C14H28Y-2. The standard InChI is InChI=1S/C6H6.C4H10.C2H6.2CH3.Y/c1-2-4-6-5-3-1;1-3-4-2;1-2;;;/h1-6H;3-4H2,1-2H3;1-2H3;2*1H3;/q;;;2*-1;. The van der Waals surface area contributed by atoms with Crippen molar-refractivity contribution in [2.45, 2.75) is 40.5 Å². The van der Waals surface area contributed by atoms with Crippen LogP contribution < -0.4 is 0 Å². The molecule has 0 unspecified atom stereocenters. The van der Waals surface area contributed by atoms with Crippen molar-refractivity contribution in [2.24, 2.45) is 0 Å². The van der Waals surface area contributed by atoms with Crippen LogP contribution in [0.5, 0.6) is 0 Å². The summed E-state index contributed by atoms with van der Waals surface area (Å²) in [5, 5.41) is 0. The summed E-state index contributed by atoms with van der Waals surface area (Å²) >= 11 is 0. The average Bonchev–Trinajstić information content (AvgIpc) is 2.24. The Morgan fingerprint density at radius 2 is 0.733 bits per heavy atom. The first-order valence-electron chi connectivity index (χ1n) is 4.91. The molecule has 1 aromatic carbocycles. The minimum absolute atomic E-state index is 0. The van der Waals surface area contributed by atoms with E-state index in [1.807, 2.05) is 50.2 Å². The third-order valence-corrected chi connectivity index (χ3v) is 1.17. The van der Waals surface area contributed by atoms with E-state index in [0.29, 0.717) is 0 Å². The summed E-state index contributed by atoms with van der Waals surface area (Å²) in [6.07, 6.45) is 2.64. The van der Waals surface area contributed by atoms with Crippen LogP contribution in [0, 0.1) is 14.9 Å². The van der Waals surface area contributed by atoms with E-state index in [2.05, 4.69) is 13.8 Å². The van der Waals surface area contributed by atoms with Crippen LogP contribution in [0.25, 0.3) is 0 Å². The van der Waals surface area contributed by atoms with Gasteiger partial charge in [-0.05, 0) is 0 Å². The normalized spacial score (nSPS) is 5.60. The molecule has 89 valence electrons. The van der Waals surface area contributed by atoms with Gasteiger partial charge in [-0.15, -0.1) is 0 Å². The maximum atomic E-state index is 2.18. The zero-order valence-electron chi connectivity index (χ0n) is 11.5. The Morgan fingerprint density at radius 1 is 0.600 bits per heavy atom. The number of hydrogen-bond acceptors (Lipinski definition) is 0. The van der Waals surface area contributed by atoms with Crippen molar-refractivity contribution in [2.75, 3.05) is 0 Å². The average molecular weight is 285 g/mol. The number of unbranched alkanes of at least 4 members (excludes halogenated alkanes) is 1. The molecule has 0 atom stereocenters. The van der Waals surface area contributed by atoms with Crippen molar-refractivity contribution in [3.05, 3.63) is 51.3 Å². The van der Waals surface area contributed by atoms with Crippen LogP contribution in [-0.4, -0.2) is 0 Å². The third-order valence-electron chi connectivity index (χ3n) is 1.17. The fourth-order valence-corrected chi connectivity index (χ4v) is 0.385. The molecule has 0 aromatic heterocycles. The third kappa shape index (κ3) is 40.6. The van der Waals surface area contributed by atoms with Gasteiger partial charge >= 0.3 is 0 Å². The van der Waals surface area contributed by atoms with E-state index in [4.69, 9.17) is 0 Å². The predicted molar refractivity (Wildman–Crippen MR) is 71.2 cm³/mol. The molecule has 1 rings (SSSR count). The summed E-state index contributed by atoms with van der Waals surface area (Å²) in [6, 6.07) is 12.0. The molecule has 0 aliphatic carbocycles. The van der Waals surface area contributed by atoms with Crippen LogP contribution in [0.1, 0.15) is 40.5 Å². The van der Waals surface area contributed by atoms with Gasteiger partial charge in [0.05, 0.1) is 0 Å². The van der Waals surface area contributed by atoms with Gasteiger partial charge in [0.15, 0.2) is 0 Å². The van der Waals surface area contributed by atoms with E-state index in [1.165, 1.54) is 12.8 Å². The fraction of sp³-hybridized carbons (Fsp3) is 0.429. The van der Waals surface area contributed by atoms with E-state index >= 15 is 0 Å². The van der Waals surface area contributed by atoms with Crippen molar-refractivity contribution in [3.63, 3.8) is 0 Å². The van der Waals surface area contributed by atoms with Gasteiger partial charge in [-0.2, -0.15) is 0 Å². The second kappa shape index (κ2) is 36.7. The molecule has 0 fully saturated rings. The van der Waals surface area contributed by atoms with Gasteiger partial charge in [0.1, 0.15) is 0 Å². The van der Waals surface area contributed by atoms with Crippen molar-refractivity contribution in [3.8, 4) is 0 Å². The van der Waals surface area contributed by atoms with Crippen LogP contribution in [0.2, 0.25) is 0 Å². The molecule has 1 aromatic rings. The summed E-state index contributed by atoms with van der Waals surface area (Å²) in [5.41, 5.74) is 0. The molecule has 1 heteroatoms. The summed E-state index contributed by atoms with van der Waals surface area (Å²) in [4.78, 5) is 0. The van der Waals surface area contributed by atoms with Gasteiger partial charge < -0.3 is 14.9 Å². The molecule has 0 amide bonds. The first-order chi connectivity index (χ1) is 5.91. The summed E-state index contributed by atoms with van der Waals surface area (Å²) in [6.45, 7) is 8.36. The van der Waals surface area contributed by atoms with E-state index in [1.54, 1.807) is 0 Å². The molecule has 0 bridgehead atoms. The van der Waals surface area contributed by atoms with Gasteiger partial charge in [0.2, 0.25) is 0 Å². The molecule has 15 heavy (non-hydrogen) atoms. The minimum Gasteiger partial charge on any atom is -0.358 e. The second-order valence-corrected chi connectivity index (χ2v) is 2.15. The van der Waals surface area contributed by atoms with Gasteiger partial charge in [0, 0.05) is 32.7 Å². The minimum atomic E-state index is 0. The quantitative estimate of drug-likeness (QED) is 0.605. The Bertz CT molecular complexity index is 97.3. The van der Waals surface area contributed by atoms with Crippen LogP contribution in [-0.2, 0) is 32.7 Å². The van der Waals surface area contributed by atoms with E-state index < -0.39 is 0 Å². The molecule has 0 spiro atoms. The van der Waals surface area contributed by atoms with Gasteiger partial charge in [-0.3, -0.25) is 0 Å². The molecule has 0 N–H and O–H groups in total. The predicted octanol–water partition coefficient (Wildman–Crippen LogP) is 5.42. The fourth-order valence-electron chi connectivity index (χ4n) is 0.385. The van der Waals surface area contributed by atoms with E-state index in [0.717, 1.165) is 0 Å². The van der Waals surface area contributed by atoms with Crippen molar-refractivity contribution >= 4 is 0 Å². The zero-order valence-corrected chi connectivity index (χ0v) is 14.3. The maximum Gasteiger partial charge on any atom is 0 e. The van der Waals surface area contributed by atoms with Gasteiger partial charge in [0.25, 0.3) is 0 Å². The molecule has 0 aliphatic rings. The molecule has 0 saturated heterocycles. The molecule has 1 radical (unpaired) electrons. The number of hydrogen-bond donors (Lipinski definition) is 0. The van der Waals surface area contributed by atoms with Crippen LogP contribution >= 0.6 is 0 Å². The molecule has 0 heterocycles. The monoisotopic (exact) mass is 285 g/mol. The SMILES string of the molecule is CC.CCCC.[CH3-].[CH3-].[Y].c1ccccc1. The second-order valence-electron chi connectivity index (χ2n) is 2.15. The Morgan fingerprint density at radius 3 is 0.800 bits per heavy atom. The Balaban J connectivity index is -0.0000000339. The zero-order chi connectivity index (χ0) is 9.66. The summed E-state index contributed by atoms with van der Waals surface area (Å²) in [5.74, 6) is 0. The summed E-state index contributed by atoms with van der Waals surface area (Å²) < 4.78 is 0. The van der Waals surface area contributed by atoms with Crippen molar-refractivity contribution in [1.29, 1.82) is 0 Å². The molecule has 0 nitrogen and oxygen atoms in total. The topological polar surface area (TPSA) is 0 Å². The maximum absolute atomic E-state index is 2.18. The van der Waals surface area contributed by atoms with Gasteiger partial charge in [-0.25, -0.2) is 0 Å². The Hall–Kier alpha value is 0.324. The molecule has 0 saturated carbocycles.